The number of alkyl halides is 6. The molecule has 0 radical (unpaired) electrons. The molecule has 0 spiro atoms. The third-order valence-corrected chi connectivity index (χ3v) is 4.26. The molecule has 160 valence electrons. The number of nitrogens with one attached hydrogen (secondary N) is 1. The summed E-state index contributed by atoms with van der Waals surface area (Å²) in [7, 11) is 0. The molecule has 0 aliphatic carbocycles. The van der Waals surface area contributed by atoms with Crippen molar-refractivity contribution in [3.8, 4) is 11.5 Å². The molecule has 1 aromatic carbocycles. The van der Waals surface area contributed by atoms with Crippen LogP contribution in [0.3, 0.4) is 0 Å². The van der Waals surface area contributed by atoms with Crippen molar-refractivity contribution in [2.45, 2.75) is 12.4 Å². The highest BCUT2D eigenvalue weighted by Crippen LogP contribution is 2.35. The molecule has 0 saturated heterocycles. The van der Waals surface area contributed by atoms with E-state index in [1.807, 2.05) is 0 Å². The predicted octanol–water partition coefficient (Wildman–Crippen LogP) is 5.28. The van der Waals surface area contributed by atoms with E-state index in [1.165, 1.54) is 24.5 Å². The number of amides is 1. The van der Waals surface area contributed by atoms with Crippen LogP contribution in [0.5, 0.6) is 0 Å². The van der Waals surface area contributed by atoms with E-state index in [2.05, 4.69) is 15.4 Å². The predicted molar refractivity (Wildman–Crippen MR) is 95.1 cm³/mol. The Labute approximate surface area is 169 Å². The zero-order chi connectivity index (χ0) is 22.4. The van der Waals surface area contributed by atoms with Gasteiger partial charge < -0.3 is 9.73 Å². The van der Waals surface area contributed by atoms with E-state index in [0.717, 1.165) is 24.4 Å². The fourth-order valence-electron chi connectivity index (χ4n) is 2.90. The highest BCUT2D eigenvalue weighted by atomic mass is 19.4. The van der Waals surface area contributed by atoms with E-state index in [4.69, 9.17) is 4.42 Å². The molecule has 4 aromatic rings. The van der Waals surface area contributed by atoms with E-state index < -0.39 is 46.4 Å². The van der Waals surface area contributed by atoms with Gasteiger partial charge in [-0.1, -0.05) is 12.1 Å². The van der Waals surface area contributed by atoms with Gasteiger partial charge in [-0.05, 0) is 30.3 Å². The third-order valence-electron chi connectivity index (χ3n) is 4.26. The molecule has 0 bridgehead atoms. The number of hydrogen-bond acceptors (Lipinski definition) is 4. The second kappa shape index (κ2) is 7.15. The molecule has 6 nitrogen and oxygen atoms in total. The van der Waals surface area contributed by atoms with E-state index >= 15 is 0 Å². The van der Waals surface area contributed by atoms with Gasteiger partial charge in [-0.2, -0.15) is 31.4 Å². The summed E-state index contributed by atoms with van der Waals surface area (Å²) in [4.78, 5) is 16.7. The minimum atomic E-state index is -4.86. The lowest BCUT2D eigenvalue weighted by Crippen LogP contribution is -2.17. The summed E-state index contributed by atoms with van der Waals surface area (Å²) in [6.07, 6.45) is -7.58. The average Bonchev–Trinajstić information content (AvgIpc) is 3.36. The molecular formula is C19H10F6N4O2. The van der Waals surface area contributed by atoms with Crippen LogP contribution in [-0.4, -0.2) is 20.5 Å². The lowest BCUT2D eigenvalue weighted by atomic mass is 10.1. The molecule has 31 heavy (non-hydrogen) atoms. The Bertz CT molecular complexity index is 1260. The van der Waals surface area contributed by atoms with E-state index in [9.17, 15) is 31.1 Å². The van der Waals surface area contributed by atoms with Gasteiger partial charge in [0.15, 0.2) is 17.1 Å². The van der Waals surface area contributed by atoms with Crippen molar-refractivity contribution < 1.29 is 35.6 Å². The first-order valence-corrected chi connectivity index (χ1v) is 8.53. The van der Waals surface area contributed by atoms with Gasteiger partial charge in [0.2, 0.25) is 0 Å². The van der Waals surface area contributed by atoms with Gasteiger partial charge in [-0.3, -0.25) is 4.79 Å². The number of fused-ring (bicyclic) bond motifs is 1. The molecule has 4 rings (SSSR count). The summed E-state index contributed by atoms with van der Waals surface area (Å²) in [6.45, 7) is 0. The van der Waals surface area contributed by atoms with Crippen LogP contribution in [0.2, 0.25) is 0 Å². The van der Waals surface area contributed by atoms with Crippen LogP contribution in [0.1, 0.15) is 21.6 Å². The zero-order valence-corrected chi connectivity index (χ0v) is 15.1. The first-order chi connectivity index (χ1) is 14.6. The number of rotatable bonds is 3. The van der Waals surface area contributed by atoms with Crippen molar-refractivity contribution in [2.75, 3.05) is 5.32 Å². The molecule has 0 fully saturated rings. The van der Waals surface area contributed by atoms with Crippen molar-refractivity contribution in [1.29, 1.82) is 0 Å². The first kappa shape index (κ1) is 20.4. The minimum absolute atomic E-state index is 0.00275. The van der Waals surface area contributed by atoms with E-state index in [1.54, 1.807) is 0 Å². The summed E-state index contributed by atoms with van der Waals surface area (Å²) in [5, 5.41) is 5.63. The van der Waals surface area contributed by atoms with Gasteiger partial charge in [0.1, 0.15) is 11.3 Å². The Kier molecular flexibility index (Phi) is 4.71. The number of anilines is 1. The molecular weight excluding hydrogens is 430 g/mol. The van der Waals surface area contributed by atoms with Crippen LogP contribution in [0.25, 0.3) is 17.1 Å². The molecule has 12 heteroatoms. The van der Waals surface area contributed by atoms with Crippen LogP contribution >= 0.6 is 0 Å². The Morgan fingerprint density at radius 2 is 1.74 bits per heavy atom. The van der Waals surface area contributed by atoms with Gasteiger partial charge in [-0.25, -0.2) is 9.50 Å². The fraction of sp³-hybridized carbons (Fsp3) is 0.105. The van der Waals surface area contributed by atoms with Crippen LogP contribution < -0.4 is 5.32 Å². The molecule has 0 unspecified atom stereocenters. The lowest BCUT2D eigenvalue weighted by Gasteiger charge is -2.13. The fourth-order valence-corrected chi connectivity index (χ4v) is 2.90. The van der Waals surface area contributed by atoms with Gasteiger partial charge in [0.25, 0.3) is 5.91 Å². The largest absolute Gasteiger partial charge is 0.463 e. The van der Waals surface area contributed by atoms with E-state index in [0.29, 0.717) is 10.6 Å². The second-order valence-electron chi connectivity index (χ2n) is 6.29. The van der Waals surface area contributed by atoms with Crippen molar-refractivity contribution >= 4 is 17.2 Å². The Hall–Kier alpha value is -3.83. The molecule has 0 aliphatic heterocycles. The average molecular weight is 440 g/mol. The van der Waals surface area contributed by atoms with Gasteiger partial charge in [0, 0.05) is 0 Å². The van der Waals surface area contributed by atoms with Gasteiger partial charge >= 0.3 is 12.4 Å². The number of hydrogen-bond donors (Lipinski definition) is 1. The number of halogens is 6. The normalized spacial score (nSPS) is 12.3. The number of furan rings is 1. The molecule has 1 amide bonds. The third kappa shape index (κ3) is 3.83. The molecule has 0 aliphatic rings. The molecule has 1 N–H and O–H groups in total. The SMILES string of the molecule is O=C(Nc1ccccc1C(F)(F)F)c1cnn2c(C(F)(F)F)cc(-c3ccco3)nc12. The smallest absolute Gasteiger partial charge is 0.433 e. The molecule has 3 heterocycles. The maximum Gasteiger partial charge on any atom is 0.433 e. The lowest BCUT2D eigenvalue weighted by molar-refractivity contribution is -0.142. The molecule has 3 aromatic heterocycles. The topological polar surface area (TPSA) is 72.4 Å². The summed E-state index contributed by atoms with van der Waals surface area (Å²) in [5.74, 6) is -1.10. The molecule has 0 atom stereocenters. The van der Waals surface area contributed by atoms with Gasteiger partial charge in [-0.15, -0.1) is 0 Å². The van der Waals surface area contributed by atoms with E-state index in [-0.39, 0.29) is 11.5 Å². The highest BCUT2D eigenvalue weighted by molar-refractivity contribution is 6.08. The first-order valence-electron chi connectivity index (χ1n) is 8.53. The summed E-state index contributed by atoms with van der Waals surface area (Å²) >= 11 is 0. The second-order valence-corrected chi connectivity index (χ2v) is 6.29. The number of nitrogens with zero attached hydrogens (tertiary/aromatic N) is 3. The molecule has 0 saturated carbocycles. The van der Waals surface area contributed by atoms with Crippen LogP contribution in [-0.2, 0) is 12.4 Å². The Morgan fingerprint density at radius 1 is 1.00 bits per heavy atom. The monoisotopic (exact) mass is 440 g/mol. The van der Waals surface area contributed by atoms with Crippen molar-refractivity contribution in [2.24, 2.45) is 0 Å². The number of carbonyl (C=O) groups excluding carboxylic acids is 1. The van der Waals surface area contributed by atoms with Crippen molar-refractivity contribution in [3.05, 3.63) is 71.7 Å². The number of carbonyl (C=O) groups is 1. The quantitative estimate of drug-likeness (QED) is 0.440. The van der Waals surface area contributed by atoms with Gasteiger partial charge in [0.05, 0.1) is 23.7 Å². The van der Waals surface area contributed by atoms with Crippen LogP contribution in [0.15, 0.2) is 59.3 Å². The standard InChI is InChI=1S/C19H10F6N4O2/c20-18(21,22)11-4-1-2-5-12(11)28-17(30)10-9-26-29-15(19(23,24)25)8-13(27-16(10)29)14-6-3-7-31-14/h1-9H,(H,28,30). The number of para-hydroxylation sites is 1. The highest BCUT2D eigenvalue weighted by Gasteiger charge is 2.37. The number of benzene rings is 1. The van der Waals surface area contributed by atoms with Crippen molar-refractivity contribution in [3.63, 3.8) is 0 Å². The van der Waals surface area contributed by atoms with Crippen LogP contribution in [0, 0.1) is 0 Å². The Balaban J connectivity index is 1.82. The summed E-state index contributed by atoms with van der Waals surface area (Å²) < 4.78 is 85.6. The summed E-state index contributed by atoms with van der Waals surface area (Å²) in [6, 6.07) is 7.70. The maximum absolute atomic E-state index is 13.5. The summed E-state index contributed by atoms with van der Waals surface area (Å²) in [5.41, 5.74) is -4.08. The minimum Gasteiger partial charge on any atom is -0.463 e. The van der Waals surface area contributed by atoms with Crippen LogP contribution in [0.4, 0.5) is 32.0 Å². The maximum atomic E-state index is 13.5. The Morgan fingerprint density at radius 3 is 2.39 bits per heavy atom. The number of aromatic nitrogens is 3. The zero-order valence-electron chi connectivity index (χ0n) is 15.1. The van der Waals surface area contributed by atoms with Crippen molar-refractivity contribution in [1.82, 2.24) is 14.6 Å².